The molecule has 4 N–H and O–H groups in total. The van der Waals surface area contributed by atoms with Crippen LogP contribution in [0.5, 0.6) is 0 Å². The van der Waals surface area contributed by atoms with E-state index in [1.807, 2.05) is 44.8 Å². The van der Waals surface area contributed by atoms with E-state index in [-0.39, 0.29) is 31.3 Å². The summed E-state index contributed by atoms with van der Waals surface area (Å²) in [7, 11) is 6.97. The minimum absolute atomic E-state index is 0.0773. The van der Waals surface area contributed by atoms with Crippen molar-refractivity contribution in [2.45, 2.75) is 205 Å². The molecule has 350 valence electrons. The zero-order valence-corrected chi connectivity index (χ0v) is 38.9. The molecule has 0 aliphatic carbocycles. The standard InChI is InChI=1S/C43H78N2O15/c1-17-31-43(12,52)35(47)26(6)45(15)21-22(2)19-41(10,51)37(60-40-34(30(44(13)14)18-23(3)54-40)59-39(50)28(8)55-29(9)46)24(4)33(25(5)38(49)57-31)58-32-20-42(11,53-16)36(48)27(7)56-32/h22-28,30-37,40,47-48,51-52H,17-21H2,1-16H3/t22-,23-,24+,25-,26-,27+,28?,30+,31-,32+,33+,34-,35-,36+,37-,40+,41-,42-,43-/m1/s1. The summed E-state index contributed by atoms with van der Waals surface area (Å²) >= 11 is 0. The molecule has 0 aromatic heterocycles. The summed E-state index contributed by atoms with van der Waals surface area (Å²) in [5.41, 5.74) is -4.61. The number of hydrogen-bond donors (Lipinski definition) is 4. The van der Waals surface area contributed by atoms with E-state index >= 15 is 0 Å². The second-order valence-corrected chi connectivity index (χ2v) is 18.8. The van der Waals surface area contributed by atoms with Gasteiger partial charge in [0.1, 0.15) is 23.9 Å². The molecule has 1 unspecified atom stereocenters. The van der Waals surface area contributed by atoms with Gasteiger partial charge in [-0.1, -0.05) is 20.8 Å². The predicted octanol–water partition coefficient (Wildman–Crippen LogP) is 2.40. The Morgan fingerprint density at radius 2 is 1.58 bits per heavy atom. The van der Waals surface area contributed by atoms with E-state index in [1.54, 1.807) is 48.5 Å². The molecule has 3 fully saturated rings. The second-order valence-electron chi connectivity index (χ2n) is 18.8. The predicted molar refractivity (Wildman–Crippen MR) is 219 cm³/mol. The van der Waals surface area contributed by atoms with Crippen molar-refractivity contribution in [3.05, 3.63) is 0 Å². The SMILES string of the molecule is CC[C@H]1OC(=O)[C@H](C)[C@@H](O[C@H]2C[C@@](C)(OC)[C@@H](O)[C@H](C)O2)[C@H](C)[C@@H](O[C@@H]2O[C@H](C)C[C@H](N(C)C)[C@H]2OC(=O)C(C)OC(C)=O)[C@](C)(O)C[C@@H](C)CN(C)[C@H](C)[C@@H](O)[C@]1(C)O. The molecule has 3 aliphatic heterocycles. The van der Waals surface area contributed by atoms with Crippen LogP contribution in [0.3, 0.4) is 0 Å². The summed E-state index contributed by atoms with van der Waals surface area (Å²) in [6.07, 6.45) is -10.6. The van der Waals surface area contributed by atoms with Crippen LogP contribution in [0.4, 0.5) is 0 Å². The summed E-state index contributed by atoms with van der Waals surface area (Å²) in [5, 5.41) is 47.2. The van der Waals surface area contributed by atoms with Crippen molar-refractivity contribution in [3.63, 3.8) is 0 Å². The van der Waals surface area contributed by atoms with Crippen molar-refractivity contribution in [1.82, 2.24) is 9.80 Å². The number of carbonyl (C=O) groups excluding carboxylic acids is 3. The van der Waals surface area contributed by atoms with E-state index in [0.29, 0.717) is 13.0 Å². The Balaban J connectivity index is 2.25. The summed E-state index contributed by atoms with van der Waals surface area (Å²) < 4.78 is 49.3. The minimum Gasteiger partial charge on any atom is -0.459 e. The largest absolute Gasteiger partial charge is 0.459 e. The average molecular weight is 863 g/mol. The number of hydrogen-bond acceptors (Lipinski definition) is 17. The van der Waals surface area contributed by atoms with Crippen LogP contribution in [-0.2, 0) is 52.3 Å². The van der Waals surface area contributed by atoms with Crippen LogP contribution in [0.2, 0.25) is 0 Å². The first-order valence-electron chi connectivity index (χ1n) is 21.5. The number of esters is 3. The highest BCUT2D eigenvalue weighted by Gasteiger charge is 2.53. The molecular weight excluding hydrogens is 784 g/mol. The fourth-order valence-corrected chi connectivity index (χ4v) is 9.37. The molecule has 60 heavy (non-hydrogen) atoms. The Hall–Kier alpha value is -2.03. The lowest BCUT2D eigenvalue weighted by Gasteiger charge is -2.49. The van der Waals surface area contributed by atoms with Crippen LogP contribution in [-0.4, -0.2) is 179 Å². The quantitative estimate of drug-likeness (QED) is 0.183. The van der Waals surface area contributed by atoms with Crippen molar-refractivity contribution in [2.24, 2.45) is 17.8 Å². The Morgan fingerprint density at radius 3 is 2.13 bits per heavy atom. The van der Waals surface area contributed by atoms with Gasteiger partial charge in [-0.15, -0.1) is 0 Å². The number of aliphatic hydroxyl groups is 4. The van der Waals surface area contributed by atoms with Crippen molar-refractivity contribution in [1.29, 1.82) is 0 Å². The summed E-state index contributed by atoms with van der Waals surface area (Å²) in [5.74, 6) is -4.39. The lowest BCUT2D eigenvalue weighted by atomic mass is 9.77. The van der Waals surface area contributed by atoms with Gasteiger partial charge >= 0.3 is 17.9 Å². The van der Waals surface area contributed by atoms with E-state index in [0.717, 1.165) is 0 Å². The normalized spacial score (nSPS) is 44.9. The molecule has 0 amide bonds. The second kappa shape index (κ2) is 21.1. The molecule has 3 saturated heterocycles. The smallest absolute Gasteiger partial charge is 0.347 e. The number of nitrogens with zero attached hydrogens (tertiary/aromatic N) is 2. The molecule has 3 heterocycles. The number of aliphatic hydroxyl groups excluding tert-OH is 2. The van der Waals surface area contributed by atoms with Crippen LogP contribution >= 0.6 is 0 Å². The van der Waals surface area contributed by atoms with Gasteiger partial charge in [0.05, 0.1) is 47.6 Å². The van der Waals surface area contributed by atoms with E-state index in [9.17, 15) is 34.8 Å². The molecule has 0 radical (unpaired) electrons. The third-order valence-corrected chi connectivity index (χ3v) is 13.1. The zero-order valence-electron chi connectivity index (χ0n) is 38.9. The summed E-state index contributed by atoms with van der Waals surface area (Å²) in [4.78, 5) is 43.4. The third-order valence-electron chi connectivity index (χ3n) is 13.1. The van der Waals surface area contributed by atoms with E-state index in [2.05, 4.69) is 0 Å². The lowest BCUT2D eigenvalue weighted by molar-refractivity contribution is -0.319. The van der Waals surface area contributed by atoms with Gasteiger partial charge in [-0.05, 0) is 102 Å². The number of ether oxygens (including phenoxy) is 8. The van der Waals surface area contributed by atoms with Gasteiger partial charge in [0.15, 0.2) is 24.8 Å². The molecule has 0 spiro atoms. The highest BCUT2D eigenvalue weighted by molar-refractivity contribution is 5.78. The fraction of sp³-hybridized carbons (Fsp3) is 0.930. The van der Waals surface area contributed by atoms with Crippen molar-refractivity contribution >= 4 is 17.9 Å². The molecule has 17 heteroatoms. The Morgan fingerprint density at radius 1 is 0.967 bits per heavy atom. The first-order valence-corrected chi connectivity index (χ1v) is 21.5. The van der Waals surface area contributed by atoms with Crippen LogP contribution < -0.4 is 0 Å². The average Bonchev–Trinajstić information content (AvgIpc) is 3.15. The zero-order chi connectivity index (χ0) is 45.8. The van der Waals surface area contributed by atoms with E-state index in [1.165, 1.54) is 27.9 Å². The first-order chi connectivity index (χ1) is 27.6. The van der Waals surface area contributed by atoms with Gasteiger partial charge in [-0.2, -0.15) is 0 Å². The third kappa shape index (κ3) is 12.4. The maximum Gasteiger partial charge on any atom is 0.347 e. The van der Waals surface area contributed by atoms with Gasteiger partial charge in [0, 0.05) is 39.0 Å². The molecule has 0 bridgehead atoms. The van der Waals surface area contributed by atoms with Crippen LogP contribution in [0, 0.1) is 17.8 Å². The number of likely N-dealkylation sites (N-methyl/N-ethyl adjacent to an activating group) is 2. The maximum atomic E-state index is 14.4. The summed E-state index contributed by atoms with van der Waals surface area (Å²) in [6, 6.07) is -1.02. The highest BCUT2D eigenvalue weighted by Crippen LogP contribution is 2.40. The van der Waals surface area contributed by atoms with Crippen LogP contribution in [0.15, 0.2) is 0 Å². The topological polar surface area (TPSA) is 212 Å². The minimum atomic E-state index is -1.85. The Kier molecular flexibility index (Phi) is 18.4. The molecule has 19 atom stereocenters. The van der Waals surface area contributed by atoms with Gasteiger partial charge in [-0.3, -0.25) is 9.59 Å². The van der Waals surface area contributed by atoms with Crippen molar-refractivity contribution in [2.75, 3.05) is 34.8 Å². The molecule has 3 aliphatic rings. The lowest BCUT2D eigenvalue weighted by Crippen LogP contribution is -2.61. The van der Waals surface area contributed by atoms with Gasteiger partial charge < -0.3 is 68.1 Å². The Bertz CT molecular complexity index is 1420. The van der Waals surface area contributed by atoms with E-state index in [4.69, 9.17) is 37.9 Å². The number of rotatable bonds is 10. The maximum absolute atomic E-state index is 14.4. The van der Waals surface area contributed by atoms with E-state index < -0.39 is 120 Å². The molecule has 0 aromatic carbocycles. The first kappa shape index (κ1) is 52.3. The van der Waals surface area contributed by atoms with Crippen molar-refractivity contribution < 1.29 is 72.7 Å². The number of methoxy groups -OCH3 is 1. The molecule has 3 rings (SSSR count). The monoisotopic (exact) mass is 863 g/mol. The van der Waals surface area contributed by atoms with Crippen molar-refractivity contribution in [3.8, 4) is 0 Å². The molecule has 0 saturated carbocycles. The number of carbonyl (C=O) groups is 3. The van der Waals surface area contributed by atoms with Gasteiger partial charge in [-0.25, -0.2) is 4.79 Å². The molecular formula is C43H78N2O15. The number of cyclic esters (lactones) is 1. The van der Waals surface area contributed by atoms with Crippen LogP contribution in [0.25, 0.3) is 0 Å². The highest BCUT2D eigenvalue weighted by atomic mass is 16.7. The molecule has 17 nitrogen and oxygen atoms in total. The summed E-state index contributed by atoms with van der Waals surface area (Å²) in [6.45, 7) is 20.3. The molecule has 0 aromatic rings. The Labute approximate surface area is 357 Å². The van der Waals surface area contributed by atoms with Crippen LogP contribution in [0.1, 0.15) is 109 Å². The van der Waals surface area contributed by atoms with Gasteiger partial charge in [0.2, 0.25) is 0 Å². The fourth-order valence-electron chi connectivity index (χ4n) is 9.37. The van der Waals surface area contributed by atoms with Gasteiger partial charge in [0.25, 0.3) is 0 Å².